The van der Waals surface area contributed by atoms with Crippen LogP contribution in [-0.4, -0.2) is 28.0 Å². The maximum atomic E-state index is 10.9. The second kappa shape index (κ2) is 2.44. The van der Waals surface area contributed by atoms with Crippen molar-refractivity contribution in [3.8, 4) is 0 Å². The first-order valence-electron chi connectivity index (χ1n) is 3.53. The Kier molecular flexibility index (Phi) is 1.88. The van der Waals surface area contributed by atoms with Crippen LogP contribution in [0.1, 0.15) is 20.8 Å². The minimum Gasteiger partial charge on any atom is -0.335 e. The molecular formula is C7H12N2OS. The molecule has 0 bridgehead atoms. The summed E-state index contributed by atoms with van der Waals surface area (Å²) in [6, 6.07) is 0. The Morgan fingerprint density at radius 1 is 1.55 bits per heavy atom. The predicted octanol–water partition coefficient (Wildman–Crippen LogP) is 0.502. The van der Waals surface area contributed by atoms with E-state index in [4.69, 9.17) is 12.2 Å². The molecule has 0 aromatic heterocycles. The Morgan fingerprint density at radius 3 is 2.27 bits per heavy atom. The molecule has 0 spiro atoms. The average Bonchev–Trinajstić information content (AvgIpc) is 2.08. The van der Waals surface area contributed by atoms with Gasteiger partial charge in [0.15, 0.2) is 5.11 Å². The molecule has 62 valence electrons. The molecule has 0 aromatic rings. The molecule has 0 aliphatic carbocycles. The van der Waals surface area contributed by atoms with Crippen molar-refractivity contribution in [3.05, 3.63) is 0 Å². The number of rotatable bonds is 0. The van der Waals surface area contributed by atoms with Gasteiger partial charge in [-0.05, 0) is 33.0 Å². The predicted molar refractivity (Wildman–Crippen MR) is 47.2 cm³/mol. The van der Waals surface area contributed by atoms with E-state index in [2.05, 4.69) is 5.32 Å². The first-order valence-corrected chi connectivity index (χ1v) is 3.93. The van der Waals surface area contributed by atoms with Gasteiger partial charge < -0.3 is 10.2 Å². The topological polar surface area (TPSA) is 32.3 Å². The summed E-state index contributed by atoms with van der Waals surface area (Å²) in [7, 11) is 0. The number of carbonyl (C=O) groups is 1. The monoisotopic (exact) mass is 172 g/mol. The van der Waals surface area contributed by atoms with E-state index in [1.807, 2.05) is 25.7 Å². The lowest BCUT2D eigenvalue weighted by Crippen LogP contribution is -2.43. The van der Waals surface area contributed by atoms with Gasteiger partial charge in [-0.1, -0.05) is 0 Å². The number of amides is 1. The molecule has 0 aromatic carbocycles. The molecule has 0 atom stereocenters. The fourth-order valence-corrected chi connectivity index (χ4v) is 1.44. The zero-order valence-electron chi connectivity index (χ0n) is 6.97. The third-order valence-corrected chi connectivity index (χ3v) is 1.93. The van der Waals surface area contributed by atoms with E-state index in [1.165, 1.54) is 0 Å². The Labute approximate surface area is 71.8 Å². The molecule has 1 amide bonds. The molecular weight excluding hydrogens is 160 g/mol. The summed E-state index contributed by atoms with van der Waals surface area (Å²) in [5.74, 6) is -0.00933. The summed E-state index contributed by atoms with van der Waals surface area (Å²) in [4.78, 5) is 12.7. The summed E-state index contributed by atoms with van der Waals surface area (Å²) >= 11 is 4.96. The maximum absolute atomic E-state index is 10.9. The van der Waals surface area contributed by atoms with Crippen molar-refractivity contribution in [2.75, 3.05) is 6.54 Å². The number of nitrogens with zero attached hydrogens (tertiary/aromatic N) is 1. The average molecular weight is 172 g/mol. The first kappa shape index (κ1) is 8.46. The Hall–Kier alpha value is -0.640. The lowest BCUT2D eigenvalue weighted by atomic mass is 10.1. The second-order valence-electron chi connectivity index (χ2n) is 3.61. The van der Waals surface area contributed by atoms with Gasteiger partial charge in [0.1, 0.15) is 0 Å². The molecule has 1 aliphatic rings. The smallest absolute Gasteiger partial charge is 0.245 e. The Morgan fingerprint density at radius 2 is 2.09 bits per heavy atom. The third kappa shape index (κ3) is 1.68. The van der Waals surface area contributed by atoms with Crippen LogP contribution in [0.15, 0.2) is 0 Å². The van der Waals surface area contributed by atoms with Crippen molar-refractivity contribution in [3.63, 3.8) is 0 Å². The van der Waals surface area contributed by atoms with Gasteiger partial charge in [-0.3, -0.25) is 4.79 Å². The van der Waals surface area contributed by atoms with Gasteiger partial charge in [0.05, 0.1) is 6.54 Å². The minimum absolute atomic E-state index is 0.00933. The highest BCUT2D eigenvalue weighted by atomic mass is 32.1. The first-order chi connectivity index (χ1) is 4.91. The van der Waals surface area contributed by atoms with Gasteiger partial charge >= 0.3 is 0 Å². The quantitative estimate of drug-likeness (QED) is 0.540. The molecule has 3 nitrogen and oxygen atoms in total. The molecule has 0 saturated carbocycles. The standard InChI is InChI=1S/C7H12N2OS/c1-7(2,3)9-4-5(10)8-6(9)11/h4H2,1-3H3,(H,8,10,11). The summed E-state index contributed by atoms with van der Waals surface area (Å²) < 4.78 is 0. The highest BCUT2D eigenvalue weighted by molar-refractivity contribution is 7.80. The fourth-order valence-electron chi connectivity index (χ4n) is 0.983. The Balaban J connectivity index is 2.76. The molecule has 0 radical (unpaired) electrons. The number of hydrogen-bond acceptors (Lipinski definition) is 2. The van der Waals surface area contributed by atoms with Crippen molar-refractivity contribution < 1.29 is 4.79 Å². The molecule has 4 heteroatoms. The van der Waals surface area contributed by atoms with Crippen LogP contribution in [-0.2, 0) is 4.79 Å². The van der Waals surface area contributed by atoms with Crippen molar-refractivity contribution in [1.29, 1.82) is 0 Å². The third-order valence-electron chi connectivity index (χ3n) is 1.60. The van der Waals surface area contributed by atoms with Crippen LogP contribution in [0.2, 0.25) is 0 Å². The SMILES string of the molecule is CC(C)(C)N1CC(=O)NC1=S. The summed E-state index contributed by atoms with van der Waals surface area (Å²) in [6.45, 7) is 6.47. The van der Waals surface area contributed by atoms with Crippen LogP contribution >= 0.6 is 12.2 Å². The van der Waals surface area contributed by atoms with E-state index >= 15 is 0 Å². The van der Waals surface area contributed by atoms with Crippen molar-refractivity contribution in [1.82, 2.24) is 10.2 Å². The van der Waals surface area contributed by atoms with Crippen LogP contribution in [0.3, 0.4) is 0 Å². The van der Waals surface area contributed by atoms with E-state index < -0.39 is 0 Å². The molecule has 1 rings (SSSR count). The lowest BCUT2D eigenvalue weighted by Gasteiger charge is -2.31. The van der Waals surface area contributed by atoms with E-state index in [0.29, 0.717) is 11.7 Å². The summed E-state index contributed by atoms with van der Waals surface area (Å²) in [6.07, 6.45) is 0. The largest absolute Gasteiger partial charge is 0.335 e. The number of thiocarbonyl (C=S) groups is 1. The molecule has 1 N–H and O–H groups in total. The fraction of sp³-hybridized carbons (Fsp3) is 0.714. The van der Waals surface area contributed by atoms with Crippen LogP contribution < -0.4 is 5.32 Å². The molecule has 1 saturated heterocycles. The number of carbonyl (C=O) groups excluding carboxylic acids is 1. The molecule has 1 heterocycles. The van der Waals surface area contributed by atoms with Crippen LogP contribution in [0.25, 0.3) is 0 Å². The summed E-state index contributed by atoms with van der Waals surface area (Å²) in [5, 5.41) is 3.14. The van der Waals surface area contributed by atoms with Gasteiger partial charge in [0.25, 0.3) is 0 Å². The van der Waals surface area contributed by atoms with Crippen LogP contribution in [0.5, 0.6) is 0 Å². The number of hydrogen-bond donors (Lipinski definition) is 1. The molecule has 11 heavy (non-hydrogen) atoms. The van der Waals surface area contributed by atoms with Gasteiger partial charge in [-0.25, -0.2) is 0 Å². The second-order valence-corrected chi connectivity index (χ2v) is 4.00. The zero-order chi connectivity index (χ0) is 8.65. The molecule has 1 aliphatic heterocycles. The van der Waals surface area contributed by atoms with Gasteiger partial charge in [0, 0.05) is 5.54 Å². The van der Waals surface area contributed by atoms with E-state index in [0.717, 1.165) is 0 Å². The highest BCUT2D eigenvalue weighted by Crippen LogP contribution is 2.15. The van der Waals surface area contributed by atoms with E-state index in [1.54, 1.807) is 0 Å². The Bertz CT molecular complexity index is 207. The van der Waals surface area contributed by atoms with E-state index in [9.17, 15) is 4.79 Å². The van der Waals surface area contributed by atoms with E-state index in [-0.39, 0.29) is 11.4 Å². The minimum atomic E-state index is -0.0593. The number of nitrogens with one attached hydrogen (secondary N) is 1. The van der Waals surface area contributed by atoms with Crippen molar-refractivity contribution in [2.24, 2.45) is 0 Å². The van der Waals surface area contributed by atoms with Crippen LogP contribution in [0.4, 0.5) is 0 Å². The lowest BCUT2D eigenvalue weighted by molar-refractivity contribution is -0.118. The van der Waals surface area contributed by atoms with Gasteiger partial charge in [-0.15, -0.1) is 0 Å². The normalized spacial score (nSPS) is 19.0. The molecule has 1 fully saturated rings. The van der Waals surface area contributed by atoms with Crippen molar-refractivity contribution >= 4 is 23.2 Å². The van der Waals surface area contributed by atoms with Crippen molar-refractivity contribution in [2.45, 2.75) is 26.3 Å². The van der Waals surface area contributed by atoms with Gasteiger partial charge in [-0.2, -0.15) is 0 Å². The highest BCUT2D eigenvalue weighted by Gasteiger charge is 2.31. The maximum Gasteiger partial charge on any atom is 0.245 e. The zero-order valence-corrected chi connectivity index (χ0v) is 7.79. The summed E-state index contributed by atoms with van der Waals surface area (Å²) in [5.41, 5.74) is -0.0593. The molecule has 0 unspecified atom stereocenters. The van der Waals surface area contributed by atoms with Gasteiger partial charge in [0.2, 0.25) is 5.91 Å². The van der Waals surface area contributed by atoms with Crippen LogP contribution in [0, 0.1) is 0 Å².